The van der Waals surface area contributed by atoms with Crippen molar-refractivity contribution in [1.29, 1.82) is 0 Å². The zero-order valence-corrected chi connectivity index (χ0v) is 7.84. The standard InChI is InChI=1S/C10H18O2/c1-2-3-4-5-6-9-7-10(11)12-8-9/h9H,2-8H2,1H3/t9-/m1/s1. The average molecular weight is 170 g/mol. The molecule has 0 aromatic carbocycles. The molecular formula is C10H18O2. The van der Waals surface area contributed by atoms with E-state index in [9.17, 15) is 4.79 Å². The molecule has 0 amide bonds. The van der Waals surface area contributed by atoms with Crippen LogP contribution in [0.15, 0.2) is 0 Å². The van der Waals surface area contributed by atoms with Crippen LogP contribution in [-0.2, 0) is 9.53 Å². The van der Waals surface area contributed by atoms with E-state index in [0.29, 0.717) is 18.9 Å². The quantitative estimate of drug-likeness (QED) is 0.468. The number of rotatable bonds is 5. The van der Waals surface area contributed by atoms with E-state index in [1.165, 1.54) is 32.1 Å². The SMILES string of the molecule is CCCCCC[C@H]1COC(=O)C1. The third-order valence-corrected chi connectivity index (χ3v) is 2.40. The second-order valence-corrected chi connectivity index (χ2v) is 3.60. The van der Waals surface area contributed by atoms with Crippen LogP contribution >= 0.6 is 0 Å². The first-order valence-electron chi connectivity index (χ1n) is 4.98. The Morgan fingerprint density at radius 3 is 2.83 bits per heavy atom. The van der Waals surface area contributed by atoms with E-state index in [4.69, 9.17) is 4.74 Å². The molecule has 0 N–H and O–H groups in total. The summed E-state index contributed by atoms with van der Waals surface area (Å²) in [6.45, 7) is 2.88. The lowest BCUT2D eigenvalue weighted by Crippen LogP contribution is -1.98. The Kier molecular flexibility index (Phi) is 4.12. The van der Waals surface area contributed by atoms with Crippen LogP contribution in [0.1, 0.15) is 45.4 Å². The van der Waals surface area contributed by atoms with E-state index in [0.717, 1.165) is 0 Å². The summed E-state index contributed by atoms with van der Waals surface area (Å²) in [5, 5.41) is 0. The number of hydrogen-bond donors (Lipinski definition) is 0. The molecule has 1 fully saturated rings. The molecule has 12 heavy (non-hydrogen) atoms. The summed E-state index contributed by atoms with van der Waals surface area (Å²) >= 11 is 0. The second kappa shape index (κ2) is 5.18. The molecule has 1 rings (SSSR count). The summed E-state index contributed by atoms with van der Waals surface area (Å²) in [7, 11) is 0. The fourth-order valence-electron chi connectivity index (χ4n) is 1.61. The van der Waals surface area contributed by atoms with Gasteiger partial charge in [-0.15, -0.1) is 0 Å². The van der Waals surface area contributed by atoms with E-state index in [1.54, 1.807) is 0 Å². The zero-order valence-electron chi connectivity index (χ0n) is 7.84. The lowest BCUT2D eigenvalue weighted by atomic mass is 10.0. The lowest BCUT2D eigenvalue weighted by Gasteiger charge is -2.03. The largest absolute Gasteiger partial charge is 0.465 e. The van der Waals surface area contributed by atoms with Crippen LogP contribution in [0.5, 0.6) is 0 Å². The van der Waals surface area contributed by atoms with Crippen molar-refractivity contribution in [3.05, 3.63) is 0 Å². The van der Waals surface area contributed by atoms with Gasteiger partial charge in [-0.3, -0.25) is 4.79 Å². The maximum absolute atomic E-state index is 10.7. The van der Waals surface area contributed by atoms with Gasteiger partial charge in [-0.05, 0) is 6.42 Å². The average Bonchev–Trinajstić information content (AvgIpc) is 2.45. The molecule has 0 aromatic heterocycles. The number of ether oxygens (including phenoxy) is 1. The number of cyclic esters (lactones) is 1. The summed E-state index contributed by atoms with van der Waals surface area (Å²) < 4.78 is 4.88. The Bertz CT molecular complexity index is 143. The monoisotopic (exact) mass is 170 g/mol. The van der Waals surface area contributed by atoms with Gasteiger partial charge in [0.2, 0.25) is 0 Å². The molecule has 0 radical (unpaired) electrons. The van der Waals surface area contributed by atoms with Crippen LogP contribution < -0.4 is 0 Å². The van der Waals surface area contributed by atoms with Gasteiger partial charge in [-0.25, -0.2) is 0 Å². The topological polar surface area (TPSA) is 26.3 Å². The summed E-state index contributed by atoms with van der Waals surface area (Å²) in [4.78, 5) is 10.7. The minimum atomic E-state index is -0.00417. The fraction of sp³-hybridized carbons (Fsp3) is 0.900. The van der Waals surface area contributed by atoms with Gasteiger partial charge in [0.25, 0.3) is 0 Å². The third-order valence-electron chi connectivity index (χ3n) is 2.40. The van der Waals surface area contributed by atoms with Crippen molar-refractivity contribution < 1.29 is 9.53 Å². The first-order valence-corrected chi connectivity index (χ1v) is 4.98. The highest BCUT2D eigenvalue weighted by atomic mass is 16.5. The van der Waals surface area contributed by atoms with Gasteiger partial charge < -0.3 is 4.74 Å². The van der Waals surface area contributed by atoms with Gasteiger partial charge in [0.1, 0.15) is 0 Å². The zero-order chi connectivity index (χ0) is 8.81. The van der Waals surface area contributed by atoms with Crippen molar-refractivity contribution in [1.82, 2.24) is 0 Å². The van der Waals surface area contributed by atoms with Crippen LogP contribution in [0.3, 0.4) is 0 Å². The predicted octanol–water partition coefficient (Wildman–Crippen LogP) is 2.52. The first-order chi connectivity index (χ1) is 5.83. The van der Waals surface area contributed by atoms with Gasteiger partial charge in [0, 0.05) is 5.92 Å². The Balaban J connectivity index is 1.97. The Hall–Kier alpha value is -0.530. The van der Waals surface area contributed by atoms with Crippen LogP contribution in [0.4, 0.5) is 0 Å². The van der Waals surface area contributed by atoms with Gasteiger partial charge in [-0.1, -0.05) is 32.6 Å². The van der Waals surface area contributed by atoms with E-state index in [2.05, 4.69) is 6.92 Å². The summed E-state index contributed by atoms with van der Waals surface area (Å²) in [6, 6.07) is 0. The smallest absolute Gasteiger partial charge is 0.306 e. The number of carbonyl (C=O) groups excluding carboxylic acids is 1. The molecule has 1 atom stereocenters. The highest BCUT2D eigenvalue weighted by Gasteiger charge is 2.22. The van der Waals surface area contributed by atoms with E-state index in [-0.39, 0.29) is 5.97 Å². The molecule has 1 aliphatic heterocycles. The maximum atomic E-state index is 10.7. The number of unbranched alkanes of at least 4 members (excludes halogenated alkanes) is 3. The van der Waals surface area contributed by atoms with Crippen LogP contribution in [0.2, 0.25) is 0 Å². The molecule has 0 bridgehead atoms. The molecule has 0 spiro atoms. The molecule has 70 valence electrons. The van der Waals surface area contributed by atoms with E-state index in [1.807, 2.05) is 0 Å². The van der Waals surface area contributed by atoms with Crippen molar-refractivity contribution >= 4 is 5.97 Å². The summed E-state index contributed by atoms with van der Waals surface area (Å²) in [5.41, 5.74) is 0. The molecule has 0 aromatic rings. The normalized spacial score (nSPS) is 22.8. The summed E-state index contributed by atoms with van der Waals surface area (Å²) in [6.07, 6.45) is 7.00. The molecule has 2 heteroatoms. The van der Waals surface area contributed by atoms with Gasteiger partial charge in [0.15, 0.2) is 0 Å². The maximum Gasteiger partial charge on any atom is 0.306 e. The molecule has 1 heterocycles. The van der Waals surface area contributed by atoms with Crippen molar-refractivity contribution in [3.63, 3.8) is 0 Å². The second-order valence-electron chi connectivity index (χ2n) is 3.60. The van der Waals surface area contributed by atoms with Gasteiger partial charge in [-0.2, -0.15) is 0 Å². The first kappa shape index (κ1) is 9.56. The molecule has 0 saturated carbocycles. The van der Waals surface area contributed by atoms with Crippen LogP contribution in [-0.4, -0.2) is 12.6 Å². The Labute approximate surface area is 74.3 Å². The molecule has 1 saturated heterocycles. The number of carbonyl (C=O) groups is 1. The van der Waals surface area contributed by atoms with Crippen LogP contribution in [0, 0.1) is 5.92 Å². The Morgan fingerprint density at radius 1 is 1.42 bits per heavy atom. The van der Waals surface area contributed by atoms with Crippen molar-refractivity contribution in [3.8, 4) is 0 Å². The molecule has 0 aliphatic carbocycles. The predicted molar refractivity (Wildman–Crippen MR) is 47.8 cm³/mol. The van der Waals surface area contributed by atoms with Gasteiger partial charge >= 0.3 is 5.97 Å². The highest BCUT2D eigenvalue weighted by Crippen LogP contribution is 2.20. The van der Waals surface area contributed by atoms with E-state index >= 15 is 0 Å². The fourth-order valence-corrected chi connectivity index (χ4v) is 1.61. The minimum Gasteiger partial charge on any atom is -0.465 e. The molecular weight excluding hydrogens is 152 g/mol. The minimum absolute atomic E-state index is 0.00417. The van der Waals surface area contributed by atoms with Crippen molar-refractivity contribution in [2.75, 3.05) is 6.61 Å². The third kappa shape index (κ3) is 3.24. The van der Waals surface area contributed by atoms with Crippen molar-refractivity contribution in [2.45, 2.75) is 45.4 Å². The van der Waals surface area contributed by atoms with Gasteiger partial charge in [0.05, 0.1) is 13.0 Å². The van der Waals surface area contributed by atoms with Crippen LogP contribution in [0.25, 0.3) is 0 Å². The number of hydrogen-bond acceptors (Lipinski definition) is 2. The van der Waals surface area contributed by atoms with E-state index < -0.39 is 0 Å². The van der Waals surface area contributed by atoms with Crippen molar-refractivity contribution in [2.24, 2.45) is 5.92 Å². The molecule has 0 unspecified atom stereocenters. The Morgan fingerprint density at radius 2 is 2.25 bits per heavy atom. The lowest BCUT2D eigenvalue weighted by molar-refractivity contribution is -0.137. The highest BCUT2D eigenvalue weighted by molar-refractivity contribution is 5.71. The molecule has 2 nitrogen and oxygen atoms in total. The number of esters is 1. The molecule has 1 aliphatic rings. The summed E-state index contributed by atoms with van der Waals surface area (Å²) in [5.74, 6) is 0.518.